The van der Waals surface area contributed by atoms with Gasteiger partial charge in [0.1, 0.15) is 0 Å². The molecule has 0 amide bonds. The van der Waals surface area contributed by atoms with E-state index in [0.29, 0.717) is 6.04 Å². The lowest BCUT2D eigenvalue weighted by atomic mass is 10.0. The molecule has 0 bridgehead atoms. The zero-order chi connectivity index (χ0) is 13.4. The number of nitrogens with one attached hydrogen (secondary N) is 1. The minimum absolute atomic E-state index is 0.496. The summed E-state index contributed by atoms with van der Waals surface area (Å²) in [6.07, 6.45) is 2.62. The molecule has 2 heteroatoms. The highest BCUT2D eigenvalue weighted by Crippen LogP contribution is 2.21. The van der Waals surface area contributed by atoms with E-state index < -0.39 is 0 Å². The molecule has 1 atom stereocenters. The lowest BCUT2D eigenvalue weighted by molar-refractivity contribution is 0.605. The molecule has 0 spiro atoms. The van der Waals surface area contributed by atoms with Crippen LogP contribution in [0.25, 0.3) is 0 Å². The standard InChI is InChI=1S/C16H27NS/c1-5-7-8-18-12-16(17-6-2)15-10-13(3)9-14(4)11-15/h9-11,16-17H,5-8,12H2,1-4H3. The summed E-state index contributed by atoms with van der Waals surface area (Å²) in [5.41, 5.74) is 4.18. The third-order valence-electron chi connectivity index (χ3n) is 3.02. The first kappa shape index (κ1) is 15.6. The third-order valence-corrected chi connectivity index (χ3v) is 4.17. The van der Waals surface area contributed by atoms with Crippen molar-refractivity contribution in [3.8, 4) is 0 Å². The molecule has 18 heavy (non-hydrogen) atoms. The number of hydrogen-bond donors (Lipinski definition) is 1. The molecule has 1 unspecified atom stereocenters. The maximum Gasteiger partial charge on any atom is 0.0411 e. The van der Waals surface area contributed by atoms with Gasteiger partial charge >= 0.3 is 0 Å². The van der Waals surface area contributed by atoms with Crippen molar-refractivity contribution in [3.63, 3.8) is 0 Å². The first-order valence-corrected chi connectivity index (χ1v) is 8.22. The van der Waals surface area contributed by atoms with Gasteiger partial charge in [-0.3, -0.25) is 0 Å². The topological polar surface area (TPSA) is 12.0 Å². The molecular formula is C16H27NS. The van der Waals surface area contributed by atoms with Crippen molar-refractivity contribution >= 4 is 11.8 Å². The van der Waals surface area contributed by atoms with Gasteiger partial charge in [-0.05, 0) is 38.1 Å². The fourth-order valence-electron chi connectivity index (χ4n) is 2.18. The second kappa shape index (κ2) is 8.60. The maximum absolute atomic E-state index is 3.61. The minimum atomic E-state index is 0.496. The SMILES string of the molecule is CCCCSCC(NCC)c1cc(C)cc(C)c1. The van der Waals surface area contributed by atoms with Gasteiger partial charge in [-0.25, -0.2) is 0 Å². The van der Waals surface area contributed by atoms with Gasteiger partial charge in [-0.15, -0.1) is 0 Å². The molecule has 0 saturated carbocycles. The van der Waals surface area contributed by atoms with Gasteiger partial charge in [0, 0.05) is 11.8 Å². The zero-order valence-corrected chi connectivity index (χ0v) is 13.1. The summed E-state index contributed by atoms with van der Waals surface area (Å²) < 4.78 is 0. The predicted molar refractivity (Wildman–Crippen MR) is 84.6 cm³/mol. The van der Waals surface area contributed by atoms with Crippen LogP contribution in [0.3, 0.4) is 0 Å². The van der Waals surface area contributed by atoms with Crippen molar-refractivity contribution in [2.45, 2.75) is 46.6 Å². The number of rotatable bonds is 8. The zero-order valence-electron chi connectivity index (χ0n) is 12.3. The summed E-state index contributed by atoms with van der Waals surface area (Å²) in [5.74, 6) is 2.46. The summed E-state index contributed by atoms with van der Waals surface area (Å²) in [7, 11) is 0. The Balaban J connectivity index is 2.64. The van der Waals surface area contributed by atoms with Crippen LogP contribution in [0.5, 0.6) is 0 Å². The Hall–Kier alpha value is -0.470. The van der Waals surface area contributed by atoms with Gasteiger partial charge < -0.3 is 5.32 Å². The van der Waals surface area contributed by atoms with Crippen molar-refractivity contribution in [2.24, 2.45) is 0 Å². The summed E-state index contributed by atoms with van der Waals surface area (Å²) in [4.78, 5) is 0. The van der Waals surface area contributed by atoms with Gasteiger partial charge in [0.05, 0.1) is 0 Å². The van der Waals surface area contributed by atoms with E-state index in [4.69, 9.17) is 0 Å². The van der Waals surface area contributed by atoms with Crippen LogP contribution in [-0.4, -0.2) is 18.1 Å². The van der Waals surface area contributed by atoms with E-state index in [1.807, 2.05) is 0 Å². The number of thioether (sulfide) groups is 1. The van der Waals surface area contributed by atoms with Crippen LogP contribution < -0.4 is 5.32 Å². The van der Waals surface area contributed by atoms with Gasteiger partial charge in [-0.2, -0.15) is 11.8 Å². The van der Waals surface area contributed by atoms with Crippen LogP contribution in [0.15, 0.2) is 18.2 Å². The Labute approximate surface area is 117 Å². The monoisotopic (exact) mass is 265 g/mol. The van der Waals surface area contributed by atoms with E-state index >= 15 is 0 Å². The first-order chi connectivity index (χ1) is 8.67. The fourth-order valence-corrected chi connectivity index (χ4v) is 3.38. The number of hydrogen-bond acceptors (Lipinski definition) is 2. The molecule has 1 aromatic carbocycles. The van der Waals surface area contributed by atoms with Crippen LogP contribution in [0.2, 0.25) is 0 Å². The molecule has 102 valence electrons. The van der Waals surface area contributed by atoms with Crippen LogP contribution in [-0.2, 0) is 0 Å². The maximum atomic E-state index is 3.61. The number of benzene rings is 1. The predicted octanol–water partition coefficient (Wildman–Crippen LogP) is 4.49. The molecule has 0 aliphatic rings. The number of aryl methyl sites for hydroxylation is 2. The van der Waals surface area contributed by atoms with Crippen LogP contribution in [0, 0.1) is 13.8 Å². The van der Waals surface area contributed by atoms with E-state index in [1.165, 1.54) is 41.0 Å². The average Bonchev–Trinajstić information content (AvgIpc) is 2.32. The van der Waals surface area contributed by atoms with E-state index in [-0.39, 0.29) is 0 Å². The Morgan fingerprint density at radius 1 is 1.11 bits per heavy atom. The van der Waals surface area contributed by atoms with E-state index in [2.05, 4.69) is 63.0 Å². The highest BCUT2D eigenvalue weighted by Gasteiger charge is 2.10. The van der Waals surface area contributed by atoms with Crippen molar-refractivity contribution in [2.75, 3.05) is 18.1 Å². The van der Waals surface area contributed by atoms with Gasteiger partial charge in [0.2, 0.25) is 0 Å². The molecule has 0 heterocycles. The summed E-state index contributed by atoms with van der Waals surface area (Å²) in [5, 5.41) is 3.61. The summed E-state index contributed by atoms with van der Waals surface area (Å²) in [6, 6.07) is 7.38. The molecule has 1 nitrogen and oxygen atoms in total. The smallest absolute Gasteiger partial charge is 0.0411 e. The fraction of sp³-hybridized carbons (Fsp3) is 0.625. The van der Waals surface area contributed by atoms with Gasteiger partial charge in [-0.1, -0.05) is 49.6 Å². The second-order valence-corrected chi connectivity index (χ2v) is 6.11. The van der Waals surface area contributed by atoms with Crippen LogP contribution in [0.4, 0.5) is 0 Å². The number of unbranched alkanes of at least 4 members (excludes halogenated alkanes) is 1. The van der Waals surface area contributed by atoms with E-state index in [9.17, 15) is 0 Å². The van der Waals surface area contributed by atoms with Crippen molar-refractivity contribution in [3.05, 3.63) is 34.9 Å². The molecule has 0 aliphatic carbocycles. The van der Waals surface area contributed by atoms with Crippen molar-refractivity contribution in [1.82, 2.24) is 5.32 Å². The molecule has 0 radical (unpaired) electrons. The van der Waals surface area contributed by atoms with Crippen molar-refractivity contribution in [1.29, 1.82) is 0 Å². The average molecular weight is 265 g/mol. The Kier molecular flexibility index (Phi) is 7.45. The molecule has 0 aromatic heterocycles. The molecule has 1 rings (SSSR count). The lowest BCUT2D eigenvalue weighted by Crippen LogP contribution is -2.23. The highest BCUT2D eigenvalue weighted by molar-refractivity contribution is 7.99. The summed E-state index contributed by atoms with van der Waals surface area (Å²) >= 11 is 2.07. The Bertz CT molecular complexity index is 329. The largest absolute Gasteiger partial charge is 0.310 e. The second-order valence-electron chi connectivity index (χ2n) is 4.96. The summed E-state index contributed by atoms with van der Waals surface area (Å²) in [6.45, 7) is 9.85. The highest BCUT2D eigenvalue weighted by atomic mass is 32.2. The van der Waals surface area contributed by atoms with Gasteiger partial charge in [0.25, 0.3) is 0 Å². The van der Waals surface area contributed by atoms with E-state index in [1.54, 1.807) is 0 Å². The van der Waals surface area contributed by atoms with E-state index in [0.717, 1.165) is 6.54 Å². The molecule has 0 fully saturated rings. The Morgan fingerprint density at radius 2 is 1.78 bits per heavy atom. The quantitative estimate of drug-likeness (QED) is 0.695. The Morgan fingerprint density at radius 3 is 2.33 bits per heavy atom. The normalized spacial score (nSPS) is 12.7. The van der Waals surface area contributed by atoms with Crippen molar-refractivity contribution < 1.29 is 0 Å². The van der Waals surface area contributed by atoms with Crippen LogP contribution >= 0.6 is 11.8 Å². The lowest BCUT2D eigenvalue weighted by Gasteiger charge is -2.19. The molecule has 0 aliphatic heterocycles. The first-order valence-electron chi connectivity index (χ1n) is 7.06. The molecule has 1 aromatic rings. The van der Waals surface area contributed by atoms with Gasteiger partial charge in [0.15, 0.2) is 0 Å². The minimum Gasteiger partial charge on any atom is -0.310 e. The molecular weight excluding hydrogens is 238 g/mol. The molecule has 1 N–H and O–H groups in total. The third kappa shape index (κ3) is 5.45. The molecule has 0 saturated heterocycles. The van der Waals surface area contributed by atoms with Crippen LogP contribution in [0.1, 0.15) is 49.4 Å².